The highest BCUT2D eigenvalue weighted by Crippen LogP contribution is 2.27. The van der Waals surface area contributed by atoms with Crippen molar-refractivity contribution >= 4 is 27.5 Å². The summed E-state index contributed by atoms with van der Waals surface area (Å²) in [6, 6.07) is 5.68. The van der Waals surface area contributed by atoms with Gasteiger partial charge in [0.25, 0.3) is 0 Å². The van der Waals surface area contributed by atoms with Crippen molar-refractivity contribution in [2.45, 2.75) is 26.1 Å². The van der Waals surface area contributed by atoms with Gasteiger partial charge in [0.05, 0.1) is 5.02 Å². The van der Waals surface area contributed by atoms with Crippen LogP contribution in [-0.2, 0) is 4.74 Å². The maximum Gasteiger partial charge on any atom is 0.138 e. The molecule has 3 nitrogen and oxygen atoms in total. The van der Waals surface area contributed by atoms with E-state index >= 15 is 0 Å². The van der Waals surface area contributed by atoms with Crippen LogP contribution in [0.5, 0.6) is 5.75 Å². The molecule has 1 N–H and O–H groups in total. The summed E-state index contributed by atoms with van der Waals surface area (Å²) in [4.78, 5) is 1.53. The molecule has 1 heterocycles. The van der Waals surface area contributed by atoms with Crippen molar-refractivity contribution in [1.29, 1.82) is 0 Å². The standard InChI is InChI=1S/C14H19BrClNO2/c1-10-8-17(9-11(2)19-10)5-6-18-14-4-3-12(15)7-13(14)16/h3-4,7,10-11H,5-6,8-9H2,1-2H3/p+1/t10-,11-/m1/s1. The van der Waals surface area contributed by atoms with Gasteiger partial charge in [-0.05, 0) is 32.0 Å². The number of halogens is 2. The van der Waals surface area contributed by atoms with Crippen LogP contribution in [0.15, 0.2) is 22.7 Å². The molecule has 1 aliphatic heterocycles. The molecule has 0 aromatic heterocycles. The van der Waals surface area contributed by atoms with Gasteiger partial charge in [0, 0.05) is 4.47 Å². The molecule has 1 aliphatic rings. The lowest BCUT2D eigenvalue weighted by Crippen LogP contribution is -3.16. The number of morpholine rings is 1. The van der Waals surface area contributed by atoms with Gasteiger partial charge in [0.15, 0.2) is 0 Å². The van der Waals surface area contributed by atoms with Crippen LogP contribution in [0.3, 0.4) is 0 Å². The fourth-order valence-corrected chi connectivity index (χ4v) is 3.22. The SMILES string of the molecule is C[C@@H]1C[NH+](CCOc2ccc(Br)cc2Cl)C[C@@H](C)O1. The zero-order chi connectivity index (χ0) is 13.8. The van der Waals surface area contributed by atoms with Crippen molar-refractivity contribution in [3.05, 3.63) is 27.7 Å². The number of quaternary nitrogens is 1. The maximum absolute atomic E-state index is 6.12. The Morgan fingerprint density at radius 3 is 2.68 bits per heavy atom. The molecule has 0 bridgehead atoms. The van der Waals surface area contributed by atoms with Gasteiger partial charge < -0.3 is 14.4 Å². The van der Waals surface area contributed by atoms with E-state index in [0.29, 0.717) is 23.8 Å². The molecule has 1 fully saturated rings. The number of nitrogens with one attached hydrogen (secondary N) is 1. The van der Waals surface area contributed by atoms with E-state index in [0.717, 1.165) is 29.9 Å². The smallest absolute Gasteiger partial charge is 0.138 e. The summed E-state index contributed by atoms with van der Waals surface area (Å²) in [6.07, 6.45) is 0.657. The third-order valence-corrected chi connectivity index (χ3v) is 4.01. The summed E-state index contributed by atoms with van der Waals surface area (Å²) in [5.41, 5.74) is 0. The first-order valence-electron chi connectivity index (χ1n) is 6.61. The van der Waals surface area contributed by atoms with E-state index in [1.54, 1.807) is 0 Å². The molecule has 1 aromatic rings. The van der Waals surface area contributed by atoms with Crippen molar-refractivity contribution in [1.82, 2.24) is 0 Å². The van der Waals surface area contributed by atoms with Gasteiger partial charge in [-0.3, -0.25) is 0 Å². The first kappa shape index (κ1) is 15.1. The van der Waals surface area contributed by atoms with Gasteiger partial charge in [-0.1, -0.05) is 27.5 Å². The molecule has 0 radical (unpaired) electrons. The lowest BCUT2D eigenvalue weighted by atomic mass is 10.2. The fraction of sp³-hybridized carbons (Fsp3) is 0.571. The van der Waals surface area contributed by atoms with Crippen molar-refractivity contribution in [3.8, 4) is 5.75 Å². The molecule has 2 atom stereocenters. The molecule has 0 saturated carbocycles. The molecule has 5 heteroatoms. The van der Waals surface area contributed by atoms with Gasteiger partial charge in [0.2, 0.25) is 0 Å². The second-order valence-corrected chi connectivity index (χ2v) is 6.41. The first-order valence-corrected chi connectivity index (χ1v) is 7.78. The Bertz CT molecular complexity index is 420. The van der Waals surface area contributed by atoms with E-state index in [-0.39, 0.29) is 0 Å². The average Bonchev–Trinajstić information content (AvgIpc) is 2.30. The van der Waals surface area contributed by atoms with E-state index < -0.39 is 0 Å². The minimum atomic E-state index is 0.329. The quantitative estimate of drug-likeness (QED) is 0.900. The predicted octanol–water partition coefficient (Wildman–Crippen LogP) is 2.17. The minimum absolute atomic E-state index is 0.329. The van der Waals surface area contributed by atoms with Crippen molar-refractivity contribution in [2.75, 3.05) is 26.2 Å². The topological polar surface area (TPSA) is 22.9 Å². The molecule has 1 aromatic carbocycles. The van der Waals surface area contributed by atoms with Gasteiger partial charge in [-0.15, -0.1) is 0 Å². The largest absolute Gasteiger partial charge is 0.486 e. The Kier molecular flexibility index (Phi) is 5.51. The Labute approximate surface area is 128 Å². The van der Waals surface area contributed by atoms with Gasteiger partial charge in [0.1, 0.15) is 44.2 Å². The summed E-state index contributed by atoms with van der Waals surface area (Å²) in [7, 11) is 0. The second kappa shape index (κ2) is 6.93. The fourth-order valence-electron chi connectivity index (χ4n) is 2.49. The van der Waals surface area contributed by atoms with Crippen LogP contribution in [0.2, 0.25) is 5.02 Å². The van der Waals surface area contributed by atoms with Gasteiger partial charge in [-0.25, -0.2) is 0 Å². The molecule has 19 heavy (non-hydrogen) atoms. The molecule has 106 valence electrons. The van der Waals surface area contributed by atoms with E-state index in [9.17, 15) is 0 Å². The molecule has 0 aliphatic carbocycles. The normalized spacial score (nSPS) is 27.3. The molecule has 0 spiro atoms. The monoisotopic (exact) mass is 348 g/mol. The molecule has 2 rings (SSSR count). The first-order chi connectivity index (χ1) is 9.04. The molecule has 0 unspecified atom stereocenters. The number of ether oxygens (including phenoxy) is 2. The Hall–Kier alpha value is -0.290. The van der Waals surface area contributed by atoms with Crippen LogP contribution in [-0.4, -0.2) is 38.4 Å². The summed E-state index contributed by atoms with van der Waals surface area (Å²) in [5, 5.41) is 0.646. The molecule has 0 amide bonds. The highest BCUT2D eigenvalue weighted by molar-refractivity contribution is 9.10. The van der Waals surface area contributed by atoms with E-state index in [1.165, 1.54) is 4.90 Å². The summed E-state index contributed by atoms with van der Waals surface area (Å²) < 4.78 is 12.4. The van der Waals surface area contributed by atoms with Crippen LogP contribution in [0.4, 0.5) is 0 Å². The summed E-state index contributed by atoms with van der Waals surface area (Å²) in [5.74, 6) is 0.749. The maximum atomic E-state index is 6.12. The third kappa shape index (κ3) is 4.63. The number of benzene rings is 1. The molecular weight excluding hydrogens is 330 g/mol. The van der Waals surface area contributed by atoms with Crippen LogP contribution in [0, 0.1) is 0 Å². The zero-order valence-corrected chi connectivity index (χ0v) is 13.6. The Balaban J connectivity index is 1.80. The van der Waals surface area contributed by atoms with Crippen molar-refractivity contribution in [3.63, 3.8) is 0 Å². The average molecular weight is 350 g/mol. The molecular formula is C14H20BrClNO2+. The van der Waals surface area contributed by atoms with Gasteiger partial charge >= 0.3 is 0 Å². The zero-order valence-electron chi connectivity index (χ0n) is 11.3. The van der Waals surface area contributed by atoms with E-state index in [2.05, 4.69) is 29.8 Å². The summed E-state index contributed by atoms with van der Waals surface area (Å²) >= 11 is 9.50. The highest BCUT2D eigenvalue weighted by atomic mass is 79.9. The van der Waals surface area contributed by atoms with E-state index in [1.807, 2.05) is 18.2 Å². The predicted molar refractivity (Wildman–Crippen MR) is 80.2 cm³/mol. The number of rotatable bonds is 4. The molecule has 1 saturated heterocycles. The third-order valence-electron chi connectivity index (χ3n) is 3.22. The minimum Gasteiger partial charge on any atom is -0.486 e. The summed E-state index contributed by atoms with van der Waals surface area (Å²) in [6.45, 7) is 7.99. The van der Waals surface area contributed by atoms with Crippen molar-refractivity contribution in [2.24, 2.45) is 0 Å². The van der Waals surface area contributed by atoms with Crippen LogP contribution in [0.25, 0.3) is 0 Å². The lowest BCUT2D eigenvalue weighted by Gasteiger charge is -2.32. The number of hydrogen-bond acceptors (Lipinski definition) is 2. The second-order valence-electron chi connectivity index (χ2n) is 5.09. The van der Waals surface area contributed by atoms with E-state index in [4.69, 9.17) is 21.1 Å². The van der Waals surface area contributed by atoms with Crippen molar-refractivity contribution < 1.29 is 14.4 Å². The van der Waals surface area contributed by atoms with Crippen LogP contribution < -0.4 is 9.64 Å². The highest BCUT2D eigenvalue weighted by Gasteiger charge is 2.25. The Morgan fingerprint density at radius 1 is 1.37 bits per heavy atom. The van der Waals surface area contributed by atoms with Crippen LogP contribution in [0.1, 0.15) is 13.8 Å². The Morgan fingerprint density at radius 2 is 2.05 bits per heavy atom. The van der Waals surface area contributed by atoms with Gasteiger partial charge in [-0.2, -0.15) is 0 Å². The lowest BCUT2D eigenvalue weighted by molar-refractivity contribution is -0.915. The van der Waals surface area contributed by atoms with Crippen LogP contribution >= 0.6 is 27.5 Å². The number of hydrogen-bond donors (Lipinski definition) is 1.